The first-order valence-corrected chi connectivity index (χ1v) is 2.61. The van der Waals surface area contributed by atoms with Crippen molar-refractivity contribution in [3.05, 3.63) is 31.1 Å². The second-order valence-electron chi connectivity index (χ2n) is 1.73. The van der Waals surface area contributed by atoms with E-state index in [0.717, 1.165) is 5.52 Å². The maximum Gasteiger partial charge on any atom is 0.118 e. The smallest absolute Gasteiger partial charge is 0.118 e. The highest BCUT2D eigenvalue weighted by Crippen LogP contribution is 1.94. The van der Waals surface area contributed by atoms with E-state index in [1.165, 1.54) is 0 Å². The Morgan fingerprint density at radius 2 is 2.56 bits per heavy atom. The molecule has 1 radical (unpaired) electrons. The third-order valence-corrected chi connectivity index (χ3v) is 1.15. The Hall–Kier alpha value is -1.38. The molecule has 2 heterocycles. The molecule has 2 aromatic heterocycles. The van der Waals surface area contributed by atoms with E-state index in [-0.39, 0.29) is 0 Å². The second-order valence-corrected chi connectivity index (χ2v) is 1.73. The fourth-order valence-electron chi connectivity index (χ4n) is 0.715. The van der Waals surface area contributed by atoms with Gasteiger partial charge in [-0.1, -0.05) is 0 Å². The van der Waals surface area contributed by atoms with Crippen molar-refractivity contribution in [2.24, 2.45) is 0 Å². The monoisotopic (exact) mass is 118 g/mol. The fourth-order valence-corrected chi connectivity index (χ4v) is 0.715. The summed E-state index contributed by atoms with van der Waals surface area (Å²) in [5, 5.41) is 0. The molecule has 0 fully saturated rings. The molecule has 9 heavy (non-hydrogen) atoms. The molecular weight excluding hydrogens is 114 g/mol. The van der Waals surface area contributed by atoms with Crippen LogP contribution in [0, 0.1) is 6.20 Å². The summed E-state index contributed by atoms with van der Waals surface area (Å²) in [5.74, 6) is 0. The predicted molar refractivity (Wildman–Crippen MR) is 31.8 cm³/mol. The van der Waals surface area contributed by atoms with Crippen LogP contribution in [0.4, 0.5) is 0 Å². The van der Waals surface area contributed by atoms with E-state index in [9.17, 15) is 0 Å². The van der Waals surface area contributed by atoms with Gasteiger partial charge in [-0.05, 0) is 0 Å². The zero-order valence-electron chi connectivity index (χ0n) is 4.65. The van der Waals surface area contributed by atoms with Crippen LogP contribution in [-0.2, 0) is 0 Å². The molecule has 2 rings (SSSR count). The first-order chi connectivity index (χ1) is 4.47. The Morgan fingerprint density at radius 3 is 3.44 bits per heavy atom. The minimum Gasteiger partial charge on any atom is -0.303 e. The maximum absolute atomic E-state index is 3.89. The average molecular weight is 118 g/mol. The van der Waals surface area contributed by atoms with Crippen LogP contribution < -0.4 is 0 Å². The van der Waals surface area contributed by atoms with Crippen LogP contribution in [0.25, 0.3) is 5.52 Å². The van der Waals surface area contributed by atoms with Gasteiger partial charge in [-0.15, -0.1) is 0 Å². The van der Waals surface area contributed by atoms with E-state index < -0.39 is 0 Å². The van der Waals surface area contributed by atoms with Crippen LogP contribution in [0.2, 0.25) is 0 Å². The summed E-state index contributed by atoms with van der Waals surface area (Å²) in [6, 6.07) is 0. The van der Waals surface area contributed by atoms with Crippen LogP contribution in [0.1, 0.15) is 0 Å². The van der Waals surface area contributed by atoms with Gasteiger partial charge < -0.3 is 4.40 Å². The lowest BCUT2D eigenvalue weighted by molar-refractivity contribution is 1.11. The summed E-state index contributed by atoms with van der Waals surface area (Å²) in [7, 11) is 0. The largest absolute Gasteiger partial charge is 0.303 e. The topological polar surface area (TPSA) is 30.2 Å². The summed E-state index contributed by atoms with van der Waals surface area (Å²) < 4.78 is 1.85. The van der Waals surface area contributed by atoms with Crippen molar-refractivity contribution in [1.82, 2.24) is 14.4 Å². The minimum absolute atomic E-state index is 0.900. The fraction of sp³-hybridized carbons (Fsp3) is 0. The molecule has 3 heteroatoms. The first-order valence-electron chi connectivity index (χ1n) is 2.61. The Balaban J connectivity index is 2.95. The molecule has 0 aromatic carbocycles. The van der Waals surface area contributed by atoms with Crippen LogP contribution in [0.15, 0.2) is 24.9 Å². The van der Waals surface area contributed by atoms with Crippen LogP contribution >= 0.6 is 0 Å². The molecule has 3 nitrogen and oxygen atoms in total. The van der Waals surface area contributed by atoms with E-state index >= 15 is 0 Å². The molecule has 0 unspecified atom stereocenters. The van der Waals surface area contributed by atoms with Gasteiger partial charge in [0.25, 0.3) is 0 Å². The summed E-state index contributed by atoms with van der Waals surface area (Å²) >= 11 is 0. The number of rotatable bonds is 0. The lowest BCUT2D eigenvalue weighted by Crippen LogP contribution is -1.79. The van der Waals surface area contributed by atoms with Crippen LogP contribution in [0.5, 0.6) is 0 Å². The molecule has 0 saturated carbocycles. The average Bonchev–Trinajstić information content (AvgIpc) is 2.33. The first kappa shape index (κ1) is 4.49. The van der Waals surface area contributed by atoms with Gasteiger partial charge in [0.15, 0.2) is 0 Å². The second kappa shape index (κ2) is 1.55. The van der Waals surface area contributed by atoms with Crippen molar-refractivity contribution in [3.63, 3.8) is 0 Å². The molecule has 0 atom stereocenters. The lowest BCUT2D eigenvalue weighted by Gasteiger charge is -1.85. The maximum atomic E-state index is 3.89. The highest BCUT2D eigenvalue weighted by atomic mass is 15.0. The zero-order valence-corrected chi connectivity index (χ0v) is 4.65. The SMILES string of the molecule is [c]1ncn2ccncc12. The van der Waals surface area contributed by atoms with E-state index in [1.807, 2.05) is 10.6 Å². The molecule has 43 valence electrons. The summed E-state index contributed by atoms with van der Waals surface area (Å²) in [4.78, 5) is 7.69. The van der Waals surface area contributed by atoms with Crippen LogP contribution in [0.3, 0.4) is 0 Å². The highest BCUT2D eigenvalue weighted by molar-refractivity contribution is 5.39. The van der Waals surface area contributed by atoms with Gasteiger partial charge in [0, 0.05) is 12.4 Å². The molecular formula is C6H4N3. The predicted octanol–water partition coefficient (Wildman–Crippen LogP) is 0.529. The zero-order chi connectivity index (χ0) is 6.10. The van der Waals surface area contributed by atoms with Crippen molar-refractivity contribution in [2.45, 2.75) is 0 Å². The highest BCUT2D eigenvalue weighted by Gasteiger charge is 1.87. The number of fused-ring (bicyclic) bond motifs is 1. The molecule has 2 aromatic rings. The van der Waals surface area contributed by atoms with E-state index in [0.29, 0.717) is 0 Å². The van der Waals surface area contributed by atoms with Gasteiger partial charge in [-0.2, -0.15) is 0 Å². The molecule has 0 N–H and O–H groups in total. The number of hydrogen-bond acceptors (Lipinski definition) is 2. The molecule has 0 amide bonds. The number of nitrogens with zero attached hydrogens (tertiary/aromatic N) is 3. The Kier molecular flexibility index (Phi) is 0.773. The normalized spacial score (nSPS) is 10.2. The number of imidazole rings is 1. The van der Waals surface area contributed by atoms with E-state index in [1.54, 1.807) is 18.7 Å². The molecule has 0 aliphatic carbocycles. The molecule has 0 bridgehead atoms. The van der Waals surface area contributed by atoms with E-state index in [2.05, 4.69) is 16.2 Å². The third-order valence-electron chi connectivity index (χ3n) is 1.15. The summed E-state index contributed by atoms with van der Waals surface area (Å²) in [6.07, 6.45) is 9.72. The van der Waals surface area contributed by atoms with Gasteiger partial charge in [0.2, 0.25) is 0 Å². The summed E-state index contributed by atoms with van der Waals surface area (Å²) in [6.45, 7) is 0. The molecule has 0 aliphatic rings. The van der Waals surface area contributed by atoms with Gasteiger partial charge in [-0.3, -0.25) is 4.98 Å². The quantitative estimate of drug-likeness (QED) is 0.505. The molecule has 0 spiro atoms. The third kappa shape index (κ3) is 0.579. The standard InChI is InChI=1S/C6H4N3/c1-2-9-5-8-4-6(9)3-7-1/h1-3,5H. The van der Waals surface area contributed by atoms with Crippen LogP contribution in [-0.4, -0.2) is 14.4 Å². The number of hydrogen-bond donors (Lipinski definition) is 0. The van der Waals surface area contributed by atoms with Gasteiger partial charge in [0.1, 0.15) is 12.5 Å². The molecule has 0 saturated heterocycles. The van der Waals surface area contributed by atoms with Crippen molar-refractivity contribution in [1.29, 1.82) is 0 Å². The number of aromatic nitrogens is 3. The Morgan fingerprint density at radius 1 is 1.56 bits per heavy atom. The van der Waals surface area contributed by atoms with Gasteiger partial charge in [-0.25, -0.2) is 4.98 Å². The lowest BCUT2D eigenvalue weighted by atomic mass is 10.6. The van der Waals surface area contributed by atoms with E-state index in [4.69, 9.17) is 0 Å². The van der Waals surface area contributed by atoms with Crippen molar-refractivity contribution < 1.29 is 0 Å². The van der Waals surface area contributed by atoms with Crippen molar-refractivity contribution in [2.75, 3.05) is 0 Å². The van der Waals surface area contributed by atoms with Crippen molar-refractivity contribution >= 4 is 5.52 Å². The Bertz CT molecular complexity index is 282. The van der Waals surface area contributed by atoms with Gasteiger partial charge >= 0.3 is 0 Å². The Labute approximate surface area is 52.0 Å². The summed E-state index contributed by atoms with van der Waals surface area (Å²) in [5.41, 5.74) is 0.900. The molecule has 0 aliphatic heterocycles. The van der Waals surface area contributed by atoms with Crippen molar-refractivity contribution in [3.8, 4) is 0 Å². The minimum atomic E-state index is 0.900. The van der Waals surface area contributed by atoms with Gasteiger partial charge in [0.05, 0.1) is 11.7 Å².